The number of fused-ring (bicyclic) bond motifs is 1. The Bertz CT molecular complexity index is 1150. The van der Waals surface area contributed by atoms with E-state index in [2.05, 4.69) is 20.9 Å². The smallest absolute Gasteiger partial charge is 0.257 e. The number of likely N-dealkylation sites (tertiary alicyclic amines) is 1. The van der Waals surface area contributed by atoms with Gasteiger partial charge in [0.1, 0.15) is 11.6 Å². The molecule has 2 saturated heterocycles. The van der Waals surface area contributed by atoms with Crippen LogP contribution in [0.4, 0.5) is 15.8 Å². The van der Waals surface area contributed by atoms with Crippen LogP contribution in [-0.4, -0.2) is 62.2 Å². The fourth-order valence-corrected chi connectivity index (χ4v) is 4.91. The molecule has 6 nitrogen and oxygen atoms in total. The van der Waals surface area contributed by atoms with Gasteiger partial charge in [-0.3, -0.25) is 9.78 Å². The number of benzene rings is 2. The van der Waals surface area contributed by atoms with Crippen molar-refractivity contribution in [3.63, 3.8) is 0 Å². The van der Waals surface area contributed by atoms with Gasteiger partial charge in [-0.1, -0.05) is 6.07 Å². The van der Waals surface area contributed by atoms with Gasteiger partial charge in [-0.15, -0.1) is 0 Å². The monoisotopic (exact) mass is 448 g/mol. The summed E-state index contributed by atoms with van der Waals surface area (Å²) in [7, 11) is 1.67. The number of halogens is 1. The summed E-state index contributed by atoms with van der Waals surface area (Å²) in [5.74, 6) is 0.515. The number of carbonyl (C=O) groups excluding carboxylic acids is 1. The van der Waals surface area contributed by atoms with Gasteiger partial charge in [0, 0.05) is 62.6 Å². The molecule has 1 aromatic heterocycles. The van der Waals surface area contributed by atoms with Crippen LogP contribution in [0.15, 0.2) is 48.7 Å². The average Bonchev–Trinajstić information content (AvgIpc) is 2.88. The number of piperidine rings is 1. The minimum Gasteiger partial charge on any atom is -0.497 e. The molecule has 0 atom stereocenters. The maximum absolute atomic E-state index is 14.3. The zero-order valence-electron chi connectivity index (χ0n) is 19.0. The van der Waals surface area contributed by atoms with Crippen molar-refractivity contribution >= 4 is 28.2 Å². The molecule has 3 heterocycles. The van der Waals surface area contributed by atoms with Crippen molar-refractivity contribution in [1.82, 2.24) is 9.88 Å². The van der Waals surface area contributed by atoms with Gasteiger partial charge in [0.25, 0.3) is 5.91 Å². The Morgan fingerprint density at radius 1 is 0.939 bits per heavy atom. The largest absolute Gasteiger partial charge is 0.497 e. The molecule has 0 saturated carbocycles. The molecular weight excluding hydrogens is 419 g/mol. The van der Waals surface area contributed by atoms with Crippen molar-refractivity contribution in [3.8, 4) is 5.75 Å². The third-order valence-electron chi connectivity index (χ3n) is 6.69. The van der Waals surface area contributed by atoms with Crippen LogP contribution in [0.25, 0.3) is 10.9 Å². The highest BCUT2D eigenvalue weighted by Gasteiger charge is 2.28. The molecule has 0 bridgehead atoms. The summed E-state index contributed by atoms with van der Waals surface area (Å²) in [5, 5.41) is 0.702. The first kappa shape index (κ1) is 21.5. The molecule has 5 rings (SSSR count). The van der Waals surface area contributed by atoms with Crippen LogP contribution in [0.3, 0.4) is 0 Å². The van der Waals surface area contributed by atoms with Crippen molar-refractivity contribution < 1.29 is 13.9 Å². The lowest BCUT2D eigenvalue weighted by molar-refractivity contribution is 0.0724. The summed E-state index contributed by atoms with van der Waals surface area (Å²) in [6.07, 6.45) is 4.89. The second kappa shape index (κ2) is 9.25. The Labute approximate surface area is 193 Å². The minimum atomic E-state index is -0.317. The van der Waals surface area contributed by atoms with Crippen LogP contribution in [0.5, 0.6) is 5.75 Å². The molecule has 0 radical (unpaired) electrons. The summed E-state index contributed by atoms with van der Waals surface area (Å²) < 4.78 is 19.6. The maximum atomic E-state index is 14.3. The third kappa shape index (κ3) is 4.32. The topological polar surface area (TPSA) is 48.9 Å². The van der Waals surface area contributed by atoms with Crippen molar-refractivity contribution in [2.75, 3.05) is 56.2 Å². The summed E-state index contributed by atoms with van der Waals surface area (Å²) in [4.78, 5) is 24.5. The van der Waals surface area contributed by atoms with E-state index in [4.69, 9.17) is 4.74 Å². The lowest BCUT2D eigenvalue weighted by Crippen LogP contribution is -2.47. The number of ether oxygens (including phenoxy) is 1. The van der Waals surface area contributed by atoms with Crippen LogP contribution >= 0.6 is 0 Å². The van der Waals surface area contributed by atoms with E-state index < -0.39 is 0 Å². The highest BCUT2D eigenvalue weighted by Crippen LogP contribution is 2.33. The molecule has 2 aliphatic rings. The van der Waals surface area contributed by atoms with E-state index >= 15 is 0 Å². The van der Waals surface area contributed by atoms with Crippen LogP contribution in [0.1, 0.15) is 29.6 Å². The lowest BCUT2D eigenvalue weighted by Gasteiger charge is -2.39. The summed E-state index contributed by atoms with van der Waals surface area (Å²) >= 11 is 0. The van der Waals surface area contributed by atoms with Crippen molar-refractivity contribution in [3.05, 3.63) is 60.0 Å². The first-order valence-electron chi connectivity index (χ1n) is 11.7. The number of rotatable bonds is 4. The second-order valence-corrected chi connectivity index (χ2v) is 8.71. The van der Waals surface area contributed by atoms with E-state index in [1.54, 1.807) is 19.4 Å². The summed E-state index contributed by atoms with van der Waals surface area (Å²) in [6, 6.07) is 12.7. The molecule has 172 valence electrons. The molecule has 0 unspecified atom stereocenters. The van der Waals surface area contributed by atoms with Gasteiger partial charge in [0.2, 0.25) is 0 Å². The van der Waals surface area contributed by atoms with Crippen molar-refractivity contribution in [1.29, 1.82) is 0 Å². The van der Waals surface area contributed by atoms with Crippen LogP contribution in [0, 0.1) is 5.82 Å². The SMILES string of the molecule is COc1cccc(N2CCN(c3c(C(=O)N4CCCCC4)cnc4ccc(F)cc34)CC2)c1. The predicted octanol–water partition coefficient (Wildman–Crippen LogP) is 4.34. The Morgan fingerprint density at radius 2 is 1.70 bits per heavy atom. The highest BCUT2D eigenvalue weighted by molar-refractivity contribution is 6.07. The molecule has 0 N–H and O–H groups in total. The van der Waals surface area contributed by atoms with Crippen molar-refractivity contribution in [2.45, 2.75) is 19.3 Å². The normalized spacial score (nSPS) is 16.8. The zero-order valence-corrected chi connectivity index (χ0v) is 19.0. The van der Waals surface area contributed by atoms with E-state index in [1.807, 2.05) is 23.1 Å². The minimum absolute atomic E-state index is 0.00131. The number of hydrogen-bond acceptors (Lipinski definition) is 5. The van der Waals surface area contributed by atoms with E-state index in [0.717, 1.165) is 75.7 Å². The Balaban J connectivity index is 1.47. The number of aromatic nitrogens is 1. The van der Waals surface area contributed by atoms with Gasteiger partial charge >= 0.3 is 0 Å². The first-order valence-corrected chi connectivity index (χ1v) is 11.7. The van der Waals surface area contributed by atoms with Gasteiger partial charge in [0.05, 0.1) is 23.9 Å². The number of piperazine rings is 1. The molecule has 0 aliphatic carbocycles. The number of anilines is 2. The number of pyridine rings is 1. The molecule has 2 fully saturated rings. The number of carbonyl (C=O) groups is 1. The van der Waals surface area contributed by atoms with Crippen LogP contribution < -0.4 is 14.5 Å². The van der Waals surface area contributed by atoms with Crippen LogP contribution in [0.2, 0.25) is 0 Å². The number of nitrogens with zero attached hydrogens (tertiary/aromatic N) is 4. The molecule has 7 heteroatoms. The number of hydrogen-bond donors (Lipinski definition) is 0. The second-order valence-electron chi connectivity index (χ2n) is 8.71. The Hall–Kier alpha value is -3.35. The molecule has 2 aromatic carbocycles. The standard InChI is InChI=1S/C26H29FN4O2/c1-33-21-7-5-6-20(17-21)29-12-14-30(15-13-29)25-22-16-19(27)8-9-24(22)28-18-23(25)26(32)31-10-3-2-4-11-31/h5-9,16-18H,2-4,10-15H2,1H3. The van der Waals surface area contributed by atoms with Gasteiger partial charge < -0.3 is 19.4 Å². The van der Waals surface area contributed by atoms with E-state index in [9.17, 15) is 9.18 Å². The van der Waals surface area contributed by atoms with Gasteiger partial charge in [-0.25, -0.2) is 4.39 Å². The fourth-order valence-electron chi connectivity index (χ4n) is 4.91. The average molecular weight is 449 g/mol. The van der Waals surface area contributed by atoms with Gasteiger partial charge in [-0.2, -0.15) is 0 Å². The Morgan fingerprint density at radius 3 is 2.45 bits per heavy atom. The molecule has 33 heavy (non-hydrogen) atoms. The molecular formula is C26H29FN4O2. The number of amides is 1. The van der Waals surface area contributed by atoms with E-state index in [1.165, 1.54) is 12.1 Å². The Kier molecular flexibility index (Phi) is 6.03. The quantitative estimate of drug-likeness (QED) is 0.595. The summed E-state index contributed by atoms with van der Waals surface area (Å²) in [5.41, 5.74) is 3.20. The first-order chi connectivity index (χ1) is 16.1. The highest BCUT2D eigenvalue weighted by atomic mass is 19.1. The fraction of sp³-hybridized carbons (Fsp3) is 0.385. The van der Waals surface area contributed by atoms with E-state index in [-0.39, 0.29) is 11.7 Å². The third-order valence-corrected chi connectivity index (χ3v) is 6.69. The molecule has 0 spiro atoms. The van der Waals surface area contributed by atoms with Gasteiger partial charge in [0.15, 0.2) is 0 Å². The molecule has 2 aliphatic heterocycles. The van der Waals surface area contributed by atoms with Crippen molar-refractivity contribution in [2.24, 2.45) is 0 Å². The maximum Gasteiger partial charge on any atom is 0.257 e. The van der Waals surface area contributed by atoms with Crippen LogP contribution in [-0.2, 0) is 0 Å². The van der Waals surface area contributed by atoms with Gasteiger partial charge in [-0.05, 0) is 49.6 Å². The molecule has 3 aromatic rings. The van der Waals surface area contributed by atoms with E-state index in [0.29, 0.717) is 16.5 Å². The zero-order chi connectivity index (χ0) is 22.8. The molecule has 1 amide bonds. The number of methoxy groups -OCH3 is 1. The lowest BCUT2D eigenvalue weighted by atomic mass is 10.0. The predicted molar refractivity (Wildman–Crippen MR) is 129 cm³/mol. The summed E-state index contributed by atoms with van der Waals surface area (Å²) in [6.45, 7) is 4.58.